The van der Waals surface area contributed by atoms with Crippen LogP contribution in [-0.2, 0) is 14.4 Å². The molecule has 1 aliphatic rings. The van der Waals surface area contributed by atoms with E-state index in [2.05, 4.69) is 5.32 Å². The highest BCUT2D eigenvalue weighted by atomic mass is 16.4. The fourth-order valence-corrected chi connectivity index (χ4v) is 2.37. The van der Waals surface area contributed by atoms with Crippen molar-refractivity contribution in [2.45, 2.75) is 19.8 Å². The number of carboxylic acid groups (broad SMARTS) is 1. The number of hydrogen-bond donors (Lipinski definition) is 2. The van der Waals surface area contributed by atoms with E-state index in [-0.39, 0.29) is 31.3 Å². The molecule has 1 aliphatic heterocycles. The molecule has 2 amide bonds. The average Bonchev–Trinajstić information content (AvgIpc) is 2.41. The van der Waals surface area contributed by atoms with E-state index in [1.807, 2.05) is 25.1 Å². The molecule has 21 heavy (non-hydrogen) atoms. The van der Waals surface area contributed by atoms with Crippen molar-refractivity contribution in [1.29, 1.82) is 0 Å². The Balaban J connectivity index is 1.94. The predicted octanol–water partition coefficient (Wildman–Crippen LogP) is 1.26. The van der Waals surface area contributed by atoms with E-state index in [1.54, 1.807) is 6.07 Å². The Kier molecular flexibility index (Phi) is 4.57. The first-order chi connectivity index (χ1) is 9.95. The molecule has 1 atom stereocenters. The molecule has 112 valence electrons. The van der Waals surface area contributed by atoms with Gasteiger partial charge in [-0.1, -0.05) is 12.1 Å². The van der Waals surface area contributed by atoms with E-state index >= 15 is 0 Å². The van der Waals surface area contributed by atoms with Gasteiger partial charge in [0.2, 0.25) is 11.8 Å². The fraction of sp³-hybridized carbons (Fsp3) is 0.400. The lowest BCUT2D eigenvalue weighted by Crippen LogP contribution is -2.46. The summed E-state index contributed by atoms with van der Waals surface area (Å²) in [7, 11) is 0. The van der Waals surface area contributed by atoms with Gasteiger partial charge in [-0.2, -0.15) is 0 Å². The lowest BCUT2D eigenvalue weighted by molar-refractivity contribution is -0.148. The van der Waals surface area contributed by atoms with E-state index in [0.29, 0.717) is 12.1 Å². The molecule has 0 bridgehead atoms. The van der Waals surface area contributed by atoms with Crippen LogP contribution < -0.4 is 5.32 Å². The first-order valence-corrected chi connectivity index (χ1v) is 6.83. The number of likely N-dealkylation sites (tertiary alicyclic amines) is 1. The molecule has 1 unspecified atom stereocenters. The van der Waals surface area contributed by atoms with Crippen molar-refractivity contribution in [3.05, 3.63) is 29.8 Å². The molecule has 2 N–H and O–H groups in total. The highest BCUT2D eigenvalue weighted by Gasteiger charge is 2.30. The number of hydrogen-bond acceptors (Lipinski definition) is 3. The summed E-state index contributed by atoms with van der Waals surface area (Å²) in [6.07, 6.45) is 0.513. The van der Waals surface area contributed by atoms with Crippen LogP contribution in [0.3, 0.4) is 0 Å². The third-order valence-corrected chi connectivity index (χ3v) is 3.49. The minimum absolute atomic E-state index is 0.0927. The summed E-state index contributed by atoms with van der Waals surface area (Å²) < 4.78 is 0. The molecule has 1 saturated heterocycles. The first-order valence-electron chi connectivity index (χ1n) is 6.83. The number of carbonyl (C=O) groups is 3. The SMILES string of the molecule is Cc1cccc(NC(=O)CN2CC(C(=O)O)CCC2=O)c1. The maximum absolute atomic E-state index is 12.0. The number of nitrogens with zero attached hydrogens (tertiary/aromatic N) is 1. The maximum Gasteiger partial charge on any atom is 0.308 e. The number of aliphatic carboxylic acids is 1. The molecule has 0 aromatic heterocycles. The maximum atomic E-state index is 12.0. The summed E-state index contributed by atoms with van der Waals surface area (Å²) in [5.41, 5.74) is 1.69. The van der Waals surface area contributed by atoms with Crippen LogP contribution in [0, 0.1) is 12.8 Å². The second kappa shape index (κ2) is 6.39. The van der Waals surface area contributed by atoms with Crippen molar-refractivity contribution >= 4 is 23.5 Å². The Labute approximate surface area is 122 Å². The van der Waals surface area contributed by atoms with E-state index in [9.17, 15) is 14.4 Å². The van der Waals surface area contributed by atoms with Crippen molar-refractivity contribution in [2.75, 3.05) is 18.4 Å². The van der Waals surface area contributed by atoms with E-state index in [0.717, 1.165) is 5.56 Å². The van der Waals surface area contributed by atoms with Crippen molar-refractivity contribution in [2.24, 2.45) is 5.92 Å². The van der Waals surface area contributed by atoms with Crippen LogP contribution in [0.4, 0.5) is 5.69 Å². The highest BCUT2D eigenvalue weighted by molar-refractivity contribution is 5.95. The van der Waals surface area contributed by atoms with Crippen molar-refractivity contribution in [1.82, 2.24) is 4.90 Å². The molecule has 0 spiro atoms. The molecule has 1 fully saturated rings. The molecule has 1 aromatic carbocycles. The number of piperidine rings is 1. The van der Waals surface area contributed by atoms with Gasteiger partial charge in [-0.15, -0.1) is 0 Å². The second-order valence-corrected chi connectivity index (χ2v) is 5.27. The van der Waals surface area contributed by atoms with Gasteiger partial charge in [-0.05, 0) is 31.0 Å². The number of anilines is 1. The zero-order valence-electron chi connectivity index (χ0n) is 11.8. The van der Waals surface area contributed by atoms with Gasteiger partial charge < -0.3 is 15.3 Å². The van der Waals surface area contributed by atoms with Crippen LogP contribution in [0.2, 0.25) is 0 Å². The molecule has 0 saturated carbocycles. The smallest absolute Gasteiger partial charge is 0.308 e. The summed E-state index contributed by atoms with van der Waals surface area (Å²) in [4.78, 5) is 36.0. The van der Waals surface area contributed by atoms with Crippen molar-refractivity contribution < 1.29 is 19.5 Å². The number of aryl methyl sites for hydroxylation is 1. The Morgan fingerprint density at radius 1 is 1.43 bits per heavy atom. The van der Waals surface area contributed by atoms with Crippen molar-refractivity contribution in [3.8, 4) is 0 Å². The van der Waals surface area contributed by atoms with Crippen LogP contribution in [0.5, 0.6) is 0 Å². The zero-order valence-corrected chi connectivity index (χ0v) is 11.8. The zero-order chi connectivity index (χ0) is 15.4. The van der Waals surface area contributed by atoms with Crippen LogP contribution >= 0.6 is 0 Å². The number of benzene rings is 1. The van der Waals surface area contributed by atoms with Gasteiger partial charge in [-0.3, -0.25) is 14.4 Å². The standard InChI is InChI=1S/C15H18N2O4/c1-10-3-2-4-12(7-10)16-13(18)9-17-8-11(15(20)21)5-6-14(17)19/h2-4,7,11H,5-6,8-9H2,1H3,(H,16,18)(H,20,21). The minimum atomic E-state index is -0.924. The van der Waals surface area contributed by atoms with Crippen LogP contribution in [-0.4, -0.2) is 40.9 Å². The normalized spacial score (nSPS) is 18.4. The number of rotatable bonds is 4. The molecule has 1 aromatic rings. The van der Waals surface area contributed by atoms with Crippen LogP contribution in [0.25, 0.3) is 0 Å². The monoisotopic (exact) mass is 290 g/mol. The van der Waals surface area contributed by atoms with Gasteiger partial charge in [-0.25, -0.2) is 0 Å². The Morgan fingerprint density at radius 2 is 2.19 bits per heavy atom. The Morgan fingerprint density at radius 3 is 2.86 bits per heavy atom. The topological polar surface area (TPSA) is 86.7 Å². The molecular formula is C15H18N2O4. The average molecular weight is 290 g/mol. The van der Waals surface area contributed by atoms with Gasteiger partial charge >= 0.3 is 5.97 Å². The van der Waals surface area contributed by atoms with E-state index in [1.165, 1.54) is 4.90 Å². The van der Waals surface area contributed by atoms with Crippen molar-refractivity contribution in [3.63, 3.8) is 0 Å². The van der Waals surface area contributed by atoms with Crippen LogP contribution in [0.15, 0.2) is 24.3 Å². The van der Waals surface area contributed by atoms with E-state index in [4.69, 9.17) is 5.11 Å². The molecule has 1 heterocycles. The third-order valence-electron chi connectivity index (χ3n) is 3.49. The van der Waals surface area contributed by atoms with Gasteiger partial charge in [0.1, 0.15) is 0 Å². The lowest BCUT2D eigenvalue weighted by atomic mass is 9.98. The fourth-order valence-electron chi connectivity index (χ4n) is 2.37. The summed E-state index contributed by atoms with van der Waals surface area (Å²) >= 11 is 0. The Bertz CT molecular complexity index is 571. The number of carbonyl (C=O) groups excluding carboxylic acids is 2. The largest absolute Gasteiger partial charge is 0.481 e. The summed E-state index contributed by atoms with van der Waals surface area (Å²) in [5.74, 6) is -2.01. The van der Waals surface area contributed by atoms with Gasteiger partial charge in [0.05, 0.1) is 12.5 Å². The predicted molar refractivity (Wildman–Crippen MR) is 76.7 cm³/mol. The van der Waals surface area contributed by atoms with Gasteiger partial charge in [0.25, 0.3) is 0 Å². The number of amides is 2. The molecular weight excluding hydrogens is 272 g/mol. The number of nitrogens with one attached hydrogen (secondary N) is 1. The first kappa shape index (κ1) is 15.0. The summed E-state index contributed by atoms with van der Waals surface area (Å²) in [6.45, 7) is 1.90. The molecule has 6 nitrogen and oxygen atoms in total. The molecule has 6 heteroatoms. The minimum Gasteiger partial charge on any atom is -0.481 e. The molecule has 0 aliphatic carbocycles. The number of carboxylic acids is 1. The summed E-state index contributed by atoms with van der Waals surface area (Å²) in [5, 5.41) is 11.7. The third kappa shape index (κ3) is 4.05. The Hall–Kier alpha value is -2.37. The second-order valence-electron chi connectivity index (χ2n) is 5.27. The summed E-state index contributed by atoms with van der Waals surface area (Å²) in [6, 6.07) is 7.34. The van der Waals surface area contributed by atoms with Gasteiger partial charge in [0, 0.05) is 18.7 Å². The quantitative estimate of drug-likeness (QED) is 0.874. The molecule has 0 radical (unpaired) electrons. The van der Waals surface area contributed by atoms with Gasteiger partial charge in [0.15, 0.2) is 0 Å². The molecule has 2 rings (SSSR count). The van der Waals surface area contributed by atoms with E-state index < -0.39 is 11.9 Å². The highest BCUT2D eigenvalue weighted by Crippen LogP contribution is 2.18. The lowest BCUT2D eigenvalue weighted by Gasteiger charge is -2.30. The van der Waals surface area contributed by atoms with Crippen LogP contribution in [0.1, 0.15) is 18.4 Å².